The molecule has 2 saturated carbocycles. The molecule has 3 aromatic rings. The van der Waals surface area contributed by atoms with Gasteiger partial charge in [0.1, 0.15) is 12.4 Å². The van der Waals surface area contributed by atoms with Crippen molar-refractivity contribution in [2.75, 3.05) is 5.73 Å². The van der Waals surface area contributed by atoms with Gasteiger partial charge in [-0.1, -0.05) is 30.7 Å². The smallest absolute Gasteiger partial charge is 0.259 e. The van der Waals surface area contributed by atoms with Crippen LogP contribution in [0.25, 0.3) is 11.1 Å². The second-order valence-electron chi connectivity index (χ2n) is 8.94. The number of amidine groups is 1. The Morgan fingerprint density at radius 3 is 2.41 bits per heavy atom. The van der Waals surface area contributed by atoms with Gasteiger partial charge in [-0.05, 0) is 36.8 Å². The number of nitrogen functional groups attached to an aromatic ring is 1. The number of carbonyl (C=O) groups is 2. The summed E-state index contributed by atoms with van der Waals surface area (Å²) in [6.07, 6.45) is 10.9. The van der Waals surface area contributed by atoms with Crippen LogP contribution in [0.3, 0.4) is 0 Å². The van der Waals surface area contributed by atoms with Crippen molar-refractivity contribution in [3.8, 4) is 11.1 Å². The van der Waals surface area contributed by atoms with Crippen LogP contribution < -0.4 is 16.4 Å². The van der Waals surface area contributed by atoms with Crippen LogP contribution in [-0.2, 0) is 16.8 Å². The fraction of sp³-hybridized carbons (Fsp3) is 0.333. The highest BCUT2D eigenvalue weighted by Gasteiger charge is 2.43. The van der Waals surface area contributed by atoms with E-state index in [0.717, 1.165) is 48.8 Å². The highest BCUT2D eigenvalue weighted by molar-refractivity contribution is 6.09. The number of nitrogens with one attached hydrogen (secondary N) is 3. The molecule has 2 fully saturated rings. The highest BCUT2D eigenvalue weighted by Crippen LogP contribution is 2.44. The number of carbonyl (C=O) groups excluding carboxylic acids is 2. The molecule has 1 aromatic carbocycles. The average molecular weight is 459 g/mol. The second kappa shape index (κ2) is 8.69. The summed E-state index contributed by atoms with van der Waals surface area (Å²) in [7, 11) is 0. The van der Waals surface area contributed by atoms with E-state index >= 15 is 0 Å². The summed E-state index contributed by atoms with van der Waals surface area (Å²) in [5.74, 6) is -0.120. The quantitative estimate of drug-likeness (QED) is 0.314. The summed E-state index contributed by atoms with van der Waals surface area (Å²) in [4.78, 5) is 32.8. The van der Waals surface area contributed by atoms with Crippen molar-refractivity contribution in [1.82, 2.24) is 30.4 Å². The van der Waals surface area contributed by atoms with Gasteiger partial charge in [-0.2, -0.15) is 5.10 Å². The molecule has 0 atom stereocenters. The van der Waals surface area contributed by atoms with Crippen LogP contribution in [0.2, 0.25) is 0 Å². The molecule has 0 radical (unpaired) electrons. The molecule has 0 saturated heterocycles. The molecule has 174 valence electrons. The van der Waals surface area contributed by atoms with Gasteiger partial charge in [-0.15, -0.1) is 0 Å². The number of anilines is 1. The summed E-state index contributed by atoms with van der Waals surface area (Å²) in [5, 5.41) is 18.5. The maximum atomic E-state index is 12.8. The lowest BCUT2D eigenvalue weighted by Gasteiger charge is -2.42. The average Bonchev–Trinajstić information content (AvgIpc) is 3.48. The van der Waals surface area contributed by atoms with Gasteiger partial charge >= 0.3 is 0 Å². The molecule has 2 amide bonds. The molecule has 10 nitrogen and oxygen atoms in total. The van der Waals surface area contributed by atoms with Crippen molar-refractivity contribution in [2.45, 2.75) is 50.1 Å². The lowest BCUT2D eigenvalue weighted by atomic mass is 9.63. The number of aromatic nitrogens is 4. The van der Waals surface area contributed by atoms with Crippen molar-refractivity contribution < 1.29 is 9.59 Å². The Hall–Kier alpha value is -4.08. The number of nitrogens with two attached hydrogens (primary N) is 1. The van der Waals surface area contributed by atoms with Gasteiger partial charge in [0, 0.05) is 30.2 Å². The molecule has 34 heavy (non-hydrogen) atoms. The first-order valence-electron chi connectivity index (χ1n) is 11.3. The van der Waals surface area contributed by atoms with E-state index in [-0.39, 0.29) is 30.3 Å². The van der Waals surface area contributed by atoms with E-state index in [9.17, 15) is 9.59 Å². The summed E-state index contributed by atoms with van der Waals surface area (Å²) in [6.45, 7) is 0.0660. The summed E-state index contributed by atoms with van der Waals surface area (Å²) < 4.78 is 1.44. The predicted molar refractivity (Wildman–Crippen MR) is 126 cm³/mol. The number of hydrogen-bond donors (Lipinski definition) is 4. The van der Waals surface area contributed by atoms with E-state index in [0.29, 0.717) is 5.56 Å². The van der Waals surface area contributed by atoms with Crippen LogP contribution in [0.1, 0.15) is 48.0 Å². The molecule has 5 rings (SSSR count). The van der Waals surface area contributed by atoms with E-state index in [1.165, 1.54) is 17.1 Å². The van der Waals surface area contributed by atoms with Gasteiger partial charge < -0.3 is 16.4 Å². The van der Waals surface area contributed by atoms with Crippen LogP contribution in [-0.4, -0.2) is 43.4 Å². The van der Waals surface area contributed by atoms with E-state index in [2.05, 4.69) is 25.7 Å². The van der Waals surface area contributed by atoms with Gasteiger partial charge in [-0.3, -0.25) is 19.7 Å². The number of benzene rings is 1. The Bertz CT molecular complexity index is 1220. The van der Waals surface area contributed by atoms with Crippen molar-refractivity contribution in [2.24, 2.45) is 0 Å². The van der Waals surface area contributed by atoms with Crippen molar-refractivity contribution in [1.29, 1.82) is 5.41 Å². The van der Waals surface area contributed by atoms with Crippen molar-refractivity contribution >= 4 is 23.6 Å². The first-order chi connectivity index (χ1) is 16.4. The Labute approximate surface area is 196 Å². The molecular weight excluding hydrogens is 432 g/mol. The summed E-state index contributed by atoms with van der Waals surface area (Å²) >= 11 is 0. The Morgan fingerprint density at radius 1 is 1.09 bits per heavy atom. The Balaban J connectivity index is 1.25. The van der Waals surface area contributed by atoms with Crippen LogP contribution >= 0.6 is 0 Å². The molecule has 2 aromatic heterocycles. The first-order valence-corrected chi connectivity index (χ1v) is 11.3. The maximum Gasteiger partial charge on any atom is 0.259 e. The van der Waals surface area contributed by atoms with Crippen LogP contribution in [0.15, 0.2) is 49.1 Å². The number of hydrogen-bond acceptors (Lipinski definition) is 7. The first kappa shape index (κ1) is 21.7. The molecule has 5 N–H and O–H groups in total. The van der Waals surface area contributed by atoms with Gasteiger partial charge in [0.15, 0.2) is 0 Å². The van der Waals surface area contributed by atoms with Gasteiger partial charge in [-0.25, -0.2) is 9.97 Å². The molecule has 2 aliphatic carbocycles. The second-order valence-corrected chi connectivity index (χ2v) is 8.94. The number of amides is 2. The minimum Gasteiger partial charge on any atom is -0.368 e. The molecule has 2 heterocycles. The lowest BCUT2D eigenvalue weighted by molar-refractivity contribution is -0.122. The highest BCUT2D eigenvalue weighted by atomic mass is 16.2. The standard InChI is InChI=1S/C24H26N8O2/c25-22(31-21(34)17-12-29-32(13-17)14-20(33)30-19-6-7-19)24(8-1-9-24)18-4-2-15(3-5-18)16-10-27-23(26)28-11-16/h2-5,10-13,19H,1,6-9,14H2,(H,30,33)(H2,25,31,34)(H2,26,27,28). The van der Waals surface area contributed by atoms with Crippen LogP contribution in [0, 0.1) is 5.41 Å². The summed E-state index contributed by atoms with van der Waals surface area (Å²) in [5.41, 5.74) is 8.15. The zero-order chi connectivity index (χ0) is 23.7. The van der Waals surface area contributed by atoms with Gasteiger partial charge in [0.05, 0.1) is 17.2 Å². The molecule has 0 aliphatic heterocycles. The molecule has 0 spiro atoms. The third kappa shape index (κ3) is 4.39. The SMILES string of the molecule is N=C(NC(=O)c1cnn(CC(=O)NC2CC2)c1)C1(c2ccc(-c3cnc(N)nc3)cc2)CCC1. The zero-order valence-electron chi connectivity index (χ0n) is 18.6. The zero-order valence-corrected chi connectivity index (χ0v) is 18.6. The topological polar surface area (TPSA) is 152 Å². The maximum absolute atomic E-state index is 12.8. The van der Waals surface area contributed by atoms with Gasteiger partial charge in [0.2, 0.25) is 11.9 Å². The fourth-order valence-corrected chi connectivity index (χ4v) is 4.20. The van der Waals surface area contributed by atoms with E-state index in [4.69, 9.17) is 11.1 Å². The Kier molecular flexibility index (Phi) is 5.56. The largest absolute Gasteiger partial charge is 0.368 e. The van der Waals surface area contributed by atoms with Gasteiger partial charge in [0.25, 0.3) is 5.91 Å². The van der Waals surface area contributed by atoms with Crippen LogP contribution in [0.5, 0.6) is 0 Å². The third-order valence-electron chi connectivity index (χ3n) is 6.51. The molecule has 0 bridgehead atoms. The Morgan fingerprint density at radius 2 is 1.79 bits per heavy atom. The molecule has 10 heteroatoms. The normalized spacial score (nSPS) is 16.4. The monoisotopic (exact) mass is 458 g/mol. The third-order valence-corrected chi connectivity index (χ3v) is 6.51. The fourth-order valence-electron chi connectivity index (χ4n) is 4.20. The number of rotatable bonds is 7. The van der Waals surface area contributed by atoms with E-state index < -0.39 is 11.3 Å². The lowest BCUT2D eigenvalue weighted by Crippen LogP contribution is -2.50. The molecule has 0 unspecified atom stereocenters. The predicted octanol–water partition coefficient (Wildman–Crippen LogP) is 2.03. The molecule has 2 aliphatic rings. The minimum absolute atomic E-state index is 0.0660. The number of nitrogens with zero attached hydrogens (tertiary/aromatic N) is 4. The van der Waals surface area contributed by atoms with E-state index in [1.54, 1.807) is 12.4 Å². The molecular formula is C24H26N8O2. The van der Waals surface area contributed by atoms with E-state index in [1.807, 2.05) is 24.3 Å². The van der Waals surface area contributed by atoms with Crippen LogP contribution in [0.4, 0.5) is 5.95 Å². The minimum atomic E-state index is -0.522. The summed E-state index contributed by atoms with van der Waals surface area (Å²) in [6, 6.07) is 8.19. The van der Waals surface area contributed by atoms with Crippen molar-refractivity contribution in [3.05, 3.63) is 60.2 Å². The van der Waals surface area contributed by atoms with Crippen molar-refractivity contribution in [3.63, 3.8) is 0 Å².